The predicted octanol–water partition coefficient (Wildman–Crippen LogP) is 3.74. The van der Waals surface area contributed by atoms with Crippen molar-refractivity contribution in [3.05, 3.63) is 0 Å². The van der Waals surface area contributed by atoms with E-state index in [9.17, 15) is 9.90 Å². The Morgan fingerprint density at radius 2 is 2.00 bits per heavy atom. The van der Waals surface area contributed by atoms with Gasteiger partial charge in [-0.1, -0.05) is 34.6 Å². The number of carbonyl (C=O) groups is 1. The number of carbonyl (C=O) groups excluding carboxylic acids is 1. The fourth-order valence-electron chi connectivity index (χ4n) is 2.79. The van der Waals surface area contributed by atoms with Crippen LogP contribution in [-0.2, 0) is 14.0 Å². The smallest absolute Gasteiger partial charge is 0.306 e. The molecule has 1 saturated heterocycles. The Morgan fingerprint density at radius 3 is 2.50 bits per heavy atom. The molecular weight excluding hydrogens is 296 g/mol. The molecule has 1 rings (SSSR count). The van der Waals surface area contributed by atoms with Crippen molar-refractivity contribution in [1.29, 1.82) is 0 Å². The van der Waals surface area contributed by atoms with Crippen LogP contribution >= 0.6 is 0 Å². The first kappa shape index (κ1) is 19.7. The summed E-state index contributed by atoms with van der Waals surface area (Å²) in [5.74, 6) is 0.336. The third-order valence-corrected chi connectivity index (χ3v) is 9.91. The van der Waals surface area contributed by atoms with E-state index < -0.39 is 8.32 Å². The Bertz CT molecular complexity index is 375. The molecule has 0 unspecified atom stereocenters. The Hall–Kier alpha value is -0.393. The molecular formula is C17H34O4Si. The minimum absolute atomic E-state index is 0.0655. The fraction of sp³-hybridized carbons (Fsp3) is 0.941. The van der Waals surface area contributed by atoms with E-state index in [1.54, 1.807) is 0 Å². The highest BCUT2D eigenvalue weighted by Crippen LogP contribution is 2.40. The first-order valence-corrected chi connectivity index (χ1v) is 11.4. The zero-order chi connectivity index (χ0) is 17.1. The summed E-state index contributed by atoms with van der Waals surface area (Å²) in [6.45, 7) is 15.4. The second-order valence-electron chi connectivity index (χ2n) is 8.26. The highest BCUT2D eigenvalue weighted by molar-refractivity contribution is 6.74. The Morgan fingerprint density at radius 1 is 1.41 bits per heavy atom. The molecule has 4 nitrogen and oxygen atoms in total. The molecule has 0 aromatic carbocycles. The summed E-state index contributed by atoms with van der Waals surface area (Å²) in [7, 11) is -1.92. The van der Waals surface area contributed by atoms with Crippen LogP contribution in [0, 0.1) is 11.8 Å². The minimum atomic E-state index is -1.92. The van der Waals surface area contributed by atoms with Crippen molar-refractivity contribution in [1.82, 2.24) is 0 Å². The van der Waals surface area contributed by atoms with Gasteiger partial charge in [-0.05, 0) is 36.9 Å². The minimum Gasteiger partial charge on any atom is -0.462 e. The Kier molecular flexibility index (Phi) is 6.66. The monoisotopic (exact) mass is 330 g/mol. The molecule has 0 aromatic rings. The van der Waals surface area contributed by atoms with Gasteiger partial charge in [0.15, 0.2) is 8.32 Å². The van der Waals surface area contributed by atoms with Crippen LogP contribution in [0.15, 0.2) is 0 Å². The van der Waals surface area contributed by atoms with Crippen LogP contribution < -0.4 is 0 Å². The lowest BCUT2D eigenvalue weighted by atomic mass is 9.84. The summed E-state index contributed by atoms with van der Waals surface area (Å²) in [5, 5.41) is 9.55. The van der Waals surface area contributed by atoms with Crippen molar-refractivity contribution in [2.24, 2.45) is 11.8 Å². The van der Waals surface area contributed by atoms with Crippen LogP contribution in [0.4, 0.5) is 0 Å². The van der Waals surface area contributed by atoms with Crippen LogP contribution in [0.1, 0.15) is 53.9 Å². The molecule has 1 heterocycles. The van der Waals surface area contributed by atoms with E-state index in [0.29, 0.717) is 18.8 Å². The van der Waals surface area contributed by atoms with E-state index in [1.807, 2.05) is 0 Å². The lowest BCUT2D eigenvalue weighted by Crippen LogP contribution is -2.49. The fourth-order valence-corrected chi connectivity index (χ4v) is 4.23. The highest BCUT2D eigenvalue weighted by atomic mass is 28.4. The van der Waals surface area contributed by atoms with Gasteiger partial charge >= 0.3 is 5.97 Å². The van der Waals surface area contributed by atoms with Crippen molar-refractivity contribution >= 4 is 14.3 Å². The molecule has 5 heteroatoms. The number of aliphatic hydroxyl groups excluding tert-OH is 1. The third-order valence-electron chi connectivity index (χ3n) is 5.40. The van der Waals surface area contributed by atoms with Gasteiger partial charge in [-0.2, -0.15) is 0 Å². The van der Waals surface area contributed by atoms with Gasteiger partial charge < -0.3 is 14.3 Å². The van der Waals surface area contributed by atoms with Gasteiger partial charge in [0.25, 0.3) is 0 Å². The lowest BCUT2D eigenvalue weighted by Gasteiger charge is -2.43. The number of hydrogen-bond donors (Lipinski definition) is 1. The van der Waals surface area contributed by atoms with Crippen molar-refractivity contribution in [3.63, 3.8) is 0 Å². The quantitative estimate of drug-likeness (QED) is 0.595. The van der Waals surface area contributed by atoms with E-state index >= 15 is 0 Å². The summed E-state index contributed by atoms with van der Waals surface area (Å²) >= 11 is 0. The van der Waals surface area contributed by atoms with Gasteiger partial charge in [-0.15, -0.1) is 0 Å². The molecule has 1 aliphatic rings. The van der Waals surface area contributed by atoms with Crippen molar-refractivity contribution in [2.75, 3.05) is 6.61 Å². The standard InChI is InChI=1S/C17H34O4Si/c1-12-8-9-15(19)20-16(12)13(2)14(10-11-18)21-22(6,7)17(3,4)5/h12-14,16,18H,8-11H2,1-7H3/t12-,13-,14+,16+/m1/s1. The van der Waals surface area contributed by atoms with Crippen molar-refractivity contribution < 1.29 is 19.1 Å². The number of rotatable bonds is 6. The average Bonchev–Trinajstić information content (AvgIpc) is 2.38. The second kappa shape index (κ2) is 7.45. The highest BCUT2D eigenvalue weighted by Gasteiger charge is 2.43. The number of esters is 1. The normalized spacial score (nSPS) is 26.5. The molecule has 130 valence electrons. The molecule has 0 amide bonds. The Balaban J connectivity index is 2.87. The summed E-state index contributed by atoms with van der Waals surface area (Å²) in [6.07, 6.45) is 1.80. The molecule has 1 N–H and O–H groups in total. The van der Waals surface area contributed by atoms with Gasteiger partial charge in [0.1, 0.15) is 6.10 Å². The van der Waals surface area contributed by atoms with Gasteiger partial charge in [0.05, 0.1) is 6.10 Å². The number of hydrogen-bond acceptors (Lipinski definition) is 4. The predicted molar refractivity (Wildman–Crippen MR) is 91.2 cm³/mol. The van der Waals surface area contributed by atoms with Crippen molar-refractivity contribution in [3.8, 4) is 0 Å². The summed E-state index contributed by atoms with van der Waals surface area (Å²) in [5.41, 5.74) is 0. The maximum Gasteiger partial charge on any atom is 0.306 e. The maximum absolute atomic E-state index is 11.6. The number of ether oxygens (including phenoxy) is 1. The van der Waals surface area contributed by atoms with Gasteiger partial charge in [-0.3, -0.25) is 4.79 Å². The van der Waals surface area contributed by atoms with Crippen LogP contribution in [0.25, 0.3) is 0 Å². The number of cyclic esters (lactones) is 1. The average molecular weight is 331 g/mol. The first-order valence-electron chi connectivity index (χ1n) is 8.47. The SMILES string of the molecule is C[C@@H]([C@H]1OC(=O)CC[C@H]1C)[C@H](CCO)O[Si](C)(C)C(C)(C)C. The molecule has 1 aliphatic heterocycles. The molecule has 22 heavy (non-hydrogen) atoms. The molecule has 1 fully saturated rings. The van der Waals surface area contributed by atoms with E-state index in [-0.39, 0.29) is 35.7 Å². The van der Waals surface area contributed by atoms with Crippen LogP contribution in [-0.4, -0.2) is 38.2 Å². The molecule has 4 atom stereocenters. The zero-order valence-electron chi connectivity index (χ0n) is 15.3. The zero-order valence-corrected chi connectivity index (χ0v) is 16.3. The van der Waals surface area contributed by atoms with Gasteiger partial charge in [0.2, 0.25) is 0 Å². The number of aliphatic hydroxyl groups is 1. The summed E-state index contributed by atoms with van der Waals surface area (Å²) in [4.78, 5) is 11.6. The molecule has 0 spiro atoms. The molecule has 0 bridgehead atoms. The molecule has 0 radical (unpaired) electrons. The summed E-state index contributed by atoms with van der Waals surface area (Å²) < 4.78 is 12.1. The maximum atomic E-state index is 11.6. The van der Waals surface area contributed by atoms with Gasteiger partial charge in [0, 0.05) is 18.9 Å². The second-order valence-corrected chi connectivity index (χ2v) is 13.0. The molecule has 0 aliphatic carbocycles. The van der Waals surface area contributed by atoms with E-state index in [1.165, 1.54) is 0 Å². The van der Waals surface area contributed by atoms with Crippen molar-refractivity contribution in [2.45, 2.75) is 84.2 Å². The van der Waals surface area contributed by atoms with Crippen LogP contribution in [0.5, 0.6) is 0 Å². The lowest BCUT2D eigenvalue weighted by molar-refractivity contribution is -0.164. The van der Waals surface area contributed by atoms with Gasteiger partial charge in [-0.25, -0.2) is 0 Å². The Labute approximate surface area is 136 Å². The summed E-state index contributed by atoms with van der Waals surface area (Å²) in [6, 6.07) is 0. The first-order chi connectivity index (χ1) is 9.99. The van der Waals surface area contributed by atoms with E-state index in [2.05, 4.69) is 47.7 Å². The largest absolute Gasteiger partial charge is 0.462 e. The van der Waals surface area contributed by atoms with E-state index in [4.69, 9.17) is 9.16 Å². The van der Waals surface area contributed by atoms with Crippen LogP contribution in [0.3, 0.4) is 0 Å². The molecule has 0 saturated carbocycles. The van der Waals surface area contributed by atoms with E-state index in [0.717, 1.165) is 6.42 Å². The topological polar surface area (TPSA) is 55.8 Å². The third kappa shape index (κ3) is 4.80. The molecule has 0 aromatic heterocycles. The van der Waals surface area contributed by atoms with Crippen LogP contribution in [0.2, 0.25) is 18.1 Å².